The minimum absolute atomic E-state index is 0.102. The highest BCUT2D eigenvalue weighted by Crippen LogP contribution is 2.36. The topological polar surface area (TPSA) is 47.6 Å². The van der Waals surface area contributed by atoms with Gasteiger partial charge in [-0.1, -0.05) is 28.5 Å². The highest BCUT2D eigenvalue weighted by Gasteiger charge is 2.19. The first kappa shape index (κ1) is 20.1. The first-order chi connectivity index (χ1) is 9.52. The summed E-state index contributed by atoms with van der Waals surface area (Å²) in [5.41, 5.74) is 0. The van der Waals surface area contributed by atoms with Gasteiger partial charge < -0.3 is 14.8 Å². The number of amides is 1. The Labute approximate surface area is 131 Å². The third-order valence-electron chi connectivity index (χ3n) is 2.55. The standard InChI is InChI=1S/C14H29NO3S2/c1-5-9-17-11-12-18-10-8-15-13(16)6-7-14(2,3)20-19-4/h5-12H2,1-4H3,(H,15,16). The molecule has 0 aromatic rings. The van der Waals surface area contributed by atoms with E-state index in [9.17, 15) is 4.79 Å². The van der Waals surface area contributed by atoms with Gasteiger partial charge in [0.2, 0.25) is 5.91 Å². The highest BCUT2D eigenvalue weighted by molar-refractivity contribution is 8.76. The molecule has 0 aliphatic rings. The summed E-state index contributed by atoms with van der Waals surface area (Å²) in [6, 6.07) is 0. The molecule has 0 saturated carbocycles. The molecule has 0 rings (SSSR count). The van der Waals surface area contributed by atoms with Crippen molar-refractivity contribution in [1.82, 2.24) is 5.32 Å². The fourth-order valence-electron chi connectivity index (χ4n) is 1.50. The van der Waals surface area contributed by atoms with Crippen LogP contribution < -0.4 is 5.32 Å². The zero-order valence-corrected chi connectivity index (χ0v) is 14.8. The van der Waals surface area contributed by atoms with Gasteiger partial charge >= 0.3 is 0 Å². The molecule has 0 aromatic carbocycles. The maximum atomic E-state index is 11.7. The first-order valence-corrected chi connectivity index (χ1v) is 9.71. The number of carbonyl (C=O) groups excluding carboxylic acids is 1. The van der Waals surface area contributed by atoms with Crippen LogP contribution in [0.2, 0.25) is 0 Å². The fourth-order valence-corrected chi connectivity index (χ4v) is 3.74. The molecule has 0 bridgehead atoms. The lowest BCUT2D eigenvalue weighted by Crippen LogP contribution is -2.29. The molecule has 0 aliphatic carbocycles. The van der Waals surface area contributed by atoms with Gasteiger partial charge in [0.25, 0.3) is 0 Å². The van der Waals surface area contributed by atoms with Gasteiger partial charge in [-0.05, 0) is 32.9 Å². The largest absolute Gasteiger partial charge is 0.379 e. The van der Waals surface area contributed by atoms with E-state index in [1.54, 1.807) is 10.8 Å². The monoisotopic (exact) mass is 323 g/mol. The maximum absolute atomic E-state index is 11.7. The molecule has 6 heteroatoms. The maximum Gasteiger partial charge on any atom is 0.220 e. The lowest BCUT2D eigenvalue weighted by Gasteiger charge is -2.21. The van der Waals surface area contributed by atoms with Crippen molar-refractivity contribution in [3.8, 4) is 0 Å². The van der Waals surface area contributed by atoms with Crippen molar-refractivity contribution in [2.45, 2.75) is 44.8 Å². The molecule has 0 fully saturated rings. The number of hydrogen-bond acceptors (Lipinski definition) is 5. The number of rotatable bonds is 13. The van der Waals surface area contributed by atoms with Crippen LogP contribution in [0, 0.1) is 0 Å². The van der Waals surface area contributed by atoms with Crippen LogP contribution in [0.25, 0.3) is 0 Å². The first-order valence-electron chi connectivity index (χ1n) is 7.16. The van der Waals surface area contributed by atoms with E-state index < -0.39 is 0 Å². The zero-order chi connectivity index (χ0) is 15.3. The van der Waals surface area contributed by atoms with Gasteiger partial charge in [-0.25, -0.2) is 0 Å². The van der Waals surface area contributed by atoms with E-state index >= 15 is 0 Å². The Hall–Kier alpha value is 0.0900. The third-order valence-corrected chi connectivity index (χ3v) is 5.23. The van der Waals surface area contributed by atoms with Gasteiger partial charge in [0.05, 0.1) is 19.8 Å². The molecular formula is C14H29NO3S2. The van der Waals surface area contributed by atoms with Crippen molar-refractivity contribution in [3.05, 3.63) is 0 Å². The van der Waals surface area contributed by atoms with E-state index in [2.05, 4.69) is 32.3 Å². The molecule has 0 unspecified atom stereocenters. The summed E-state index contributed by atoms with van der Waals surface area (Å²) in [4.78, 5) is 11.7. The van der Waals surface area contributed by atoms with E-state index in [4.69, 9.17) is 9.47 Å². The summed E-state index contributed by atoms with van der Waals surface area (Å²) in [5.74, 6) is 0.102. The van der Waals surface area contributed by atoms with Crippen LogP contribution in [0.1, 0.15) is 40.0 Å². The summed E-state index contributed by atoms with van der Waals surface area (Å²) >= 11 is 0. The molecule has 0 spiro atoms. The van der Waals surface area contributed by atoms with E-state index in [0.29, 0.717) is 32.8 Å². The van der Waals surface area contributed by atoms with Crippen molar-refractivity contribution in [2.75, 3.05) is 39.2 Å². The average Bonchev–Trinajstić information content (AvgIpc) is 2.39. The lowest BCUT2D eigenvalue weighted by atomic mass is 10.1. The molecule has 120 valence electrons. The van der Waals surface area contributed by atoms with Crippen LogP contribution in [0.15, 0.2) is 0 Å². The van der Waals surface area contributed by atoms with E-state index in [1.807, 2.05) is 10.8 Å². The summed E-state index contributed by atoms with van der Waals surface area (Å²) in [6.45, 7) is 9.53. The quantitative estimate of drug-likeness (QED) is 0.417. The minimum atomic E-state index is 0.102. The van der Waals surface area contributed by atoms with Crippen LogP contribution in [0.3, 0.4) is 0 Å². The van der Waals surface area contributed by atoms with Crippen LogP contribution in [0.4, 0.5) is 0 Å². The van der Waals surface area contributed by atoms with Crippen molar-refractivity contribution < 1.29 is 14.3 Å². The Balaban J connectivity index is 3.41. The smallest absolute Gasteiger partial charge is 0.220 e. The Kier molecular flexibility index (Phi) is 12.9. The minimum Gasteiger partial charge on any atom is -0.379 e. The van der Waals surface area contributed by atoms with Gasteiger partial charge in [-0.3, -0.25) is 4.79 Å². The molecule has 0 saturated heterocycles. The normalized spacial score (nSPS) is 11.6. The van der Waals surface area contributed by atoms with Crippen LogP contribution in [0.5, 0.6) is 0 Å². The second-order valence-corrected chi connectivity index (χ2v) is 8.19. The Morgan fingerprint density at radius 1 is 1.15 bits per heavy atom. The zero-order valence-electron chi connectivity index (χ0n) is 13.2. The Morgan fingerprint density at radius 2 is 1.80 bits per heavy atom. The van der Waals surface area contributed by atoms with Gasteiger partial charge in [0.15, 0.2) is 0 Å². The second-order valence-electron chi connectivity index (χ2n) is 5.08. The second kappa shape index (κ2) is 12.8. The molecule has 20 heavy (non-hydrogen) atoms. The molecule has 1 N–H and O–H groups in total. The summed E-state index contributed by atoms with van der Waals surface area (Å²) in [6.07, 6.45) is 4.55. The Bertz CT molecular complexity index is 251. The van der Waals surface area contributed by atoms with E-state index in [-0.39, 0.29) is 10.7 Å². The summed E-state index contributed by atoms with van der Waals surface area (Å²) < 4.78 is 10.8. The summed E-state index contributed by atoms with van der Waals surface area (Å²) in [5, 5.41) is 2.88. The molecule has 0 heterocycles. The summed E-state index contributed by atoms with van der Waals surface area (Å²) in [7, 11) is 3.56. The molecule has 4 nitrogen and oxygen atoms in total. The van der Waals surface area contributed by atoms with Crippen molar-refractivity contribution in [1.29, 1.82) is 0 Å². The number of hydrogen-bond donors (Lipinski definition) is 1. The lowest BCUT2D eigenvalue weighted by molar-refractivity contribution is -0.121. The molecule has 0 atom stereocenters. The van der Waals surface area contributed by atoms with Crippen molar-refractivity contribution >= 4 is 27.5 Å². The molecular weight excluding hydrogens is 294 g/mol. The Morgan fingerprint density at radius 3 is 2.40 bits per heavy atom. The number of carbonyl (C=O) groups is 1. The van der Waals surface area contributed by atoms with Gasteiger partial charge in [-0.2, -0.15) is 0 Å². The molecule has 1 amide bonds. The highest BCUT2D eigenvalue weighted by atomic mass is 33.1. The molecule has 0 aliphatic heterocycles. The van der Waals surface area contributed by atoms with Crippen LogP contribution in [-0.2, 0) is 14.3 Å². The third kappa shape index (κ3) is 13.1. The number of ether oxygens (including phenoxy) is 2. The van der Waals surface area contributed by atoms with Gasteiger partial charge in [-0.15, -0.1) is 0 Å². The van der Waals surface area contributed by atoms with Gasteiger partial charge in [0, 0.05) is 24.3 Å². The predicted molar refractivity (Wildman–Crippen MR) is 89.4 cm³/mol. The fraction of sp³-hybridized carbons (Fsp3) is 0.929. The van der Waals surface area contributed by atoms with Crippen LogP contribution in [-0.4, -0.2) is 49.9 Å². The van der Waals surface area contributed by atoms with E-state index in [0.717, 1.165) is 19.4 Å². The van der Waals surface area contributed by atoms with Crippen molar-refractivity contribution in [3.63, 3.8) is 0 Å². The SMILES string of the molecule is CCCOCCOCCNC(=O)CCC(C)(C)SSC. The predicted octanol–water partition coefficient (Wildman–Crippen LogP) is 3.12. The average molecular weight is 324 g/mol. The van der Waals surface area contributed by atoms with E-state index in [1.165, 1.54) is 0 Å². The molecule has 0 aromatic heterocycles. The number of nitrogens with one attached hydrogen (secondary N) is 1. The van der Waals surface area contributed by atoms with Crippen LogP contribution >= 0.6 is 21.6 Å². The van der Waals surface area contributed by atoms with Crippen molar-refractivity contribution in [2.24, 2.45) is 0 Å². The van der Waals surface area contributed by atoms with Gasteiger partial charge in [0.1, 0.15) is 0 Å². The molecule has 0 radical (unpaired) electrons.